The van der Waals surface area contributed by atoms with Crippen molar-refractivity contribution in [2.45, 2.75) is 125 Å². The van der Waals surface area contributed by atoms with Gasteiger partial charge in [0.25, 0.3) is 0 Å². The molecular weight excluding hydrogens is 663 g/mol. The number of carbonyl (C=O) groups excluding carboxylic acids is 1. The second kappa shape index (κ2) is 13.6. The molecule has 4 fully saturated rings. The van der Waals surface area contributed by atoms with Gasteiger partial charge in [-0.25, -0.2) is 4.79 Å². The van der Waals surface area contributed by atoms with Crippen LogP contribution < -0.4 is 5.32 Å². The van der Waals surface area contributed by atoms with Crippen molar-refractivity contribution in [3.8, 4) is 22.9 Å². The van der Waals surface area contributed by atoms with Crippen LogP contribution in [0.4, 0.5) is 0 Å². The molecule has 53 heavy (non-hydrogen) atoms. The largest absolute Gasteiger partial charge is 0.478 e. The predicted molar refractivity (Wildman–Crippen MR) is 207 cm³/mol. The lowest BCUT2D eigenvalue weighted by Gasteiger charge is -2.72. The molecule has 3 aromatic rings. The summed E-state index contributed by atoms with van der Waals surface area (Å²) in [6.07, 6.45) is 12.7. The van der Waals surface area contributed by atoms with E-state index in [-0.39, 0.29) is 44.6 Å². The van der Waals surface area contributed by atoms with E-state index in [1.165, 1.54) is 37.9 Å². The molecule has 0 saturated heterocycles. The molecule has 0 aliphatic heterocycles. The van der Waals surface area contributed by atoms with Gasteiger partial charge in [-0.2, -0.15) is 0 Å². The zero-order valence-electron chi connectivity index (χ0n) is 33.0. The van der Waals surface area contributed by atoms with Gasteiger partial charge >= 0.3 is 5.97 Å². The van der Waals surface area contributed by atoms with E-state index in [0.29, 0.717) is 54.0 Å². The summed E-state index contributed by atoms with van der Waals surface area (Å²) in [5, 5.41) is 32.3. The highest BCUT2D eigenvalue weighted by atomic mass is 16.4. The Morgan fingerprint density at radius 3 is 2.40 bits per heavy atom. The molecule has 1 aromatic carbocycles. The SMILES string of the molecule is CCCC1(C(=O)NCCc2cccc(-c3nnc(-c4ccc(C(=O)O)cn4)[nH]3)c2)CC[C@]2(C)C(CCC3C4(C)CCC(O)C(C)(C)C4CCC32C)C1C. The maximum Gasteiger partial charge on any atom is 0.337 e. The van der Waals surface area contributed by atoms with Crippen molar-refractivity contribution in [3.63, 3.8) is 0 Å². The lowest BCUT2D eigenvalue weighted by atomic mass is 9.32. The predicted octanol–water partition coefficient (Wildman–Crippen LogP) is 8.74. The third-order valence-electron chi connectivity index (χ3n) is 16.3. The van der Waals surface area contributed by atoms with Gasteiger partial charge in [-0.1, -0.05) is 73.1 Å². The minimum absolute atomic E-state index is 0.0435. The van der Waals surface area contributed by atoms with E-state index in [9.17, 15) is 19.8 Å². The number of aromatic amines is 1. The third-order valence-corrected chi connectivity index (χ3v) is 16.3. The van der Waals surface area contributed by atoms with E-state index in [2.05, 4.69) is 86.1 Å². The second-order valence-electron chi connectivity index (χ2n) is 18.7. The maximum absolute atomic E-state index is 14.5. The topological polar surface area (TPSA) is 141 Å². The van der Waals surface area contributed by atoms with Gasteiger partial charge in [0.15, 0.2) is 11.6 Å². The number of hydrogen-bond acceptors (Lipinski definition) is 6. The van der Waals surface area contributed by atoms with Gasteiger partial charge in [0.05, 0.1) is 17.1 Å². The summed E-state index contributed by atoms with van der Waals surface area (Å²) in [6.45, 7) is 17.7. The van der Waals surface area contributed by atoms with Crippen LogP contribution in [0.25, 0.3) is 22.9 Å². The summed E-state index contributed by atoms with van der Waals surface area (Å²) >= 11 is 0. The van der Waals surface area contributed by atoms with Gasteiger partial charge in [-0.15, -0.1) is 10.2 Å². The first kappa shape index (κ1) is 37.7. The molecule has 9 atom stereocenters. The van der Waals surface area contributed by atoms with Crippen molar-refractivity contribution < 1.29 is 19.8 Å². The van der Waals surface area contributed by atoms with Gasteiger partial charge < -0.3 is 20.5 Å². The quantitative estimate of drug-likeness (QED) is 0.173. The molecule has 4 aliphatic carbocycles. The summed E-state index contributed by atoms with van der Waals surface area (Å²) in [6, 6.07) is 11.3. The minimum atomic E-state index is -1.03. The number of amides is 1. The van der Waals surface area contributed by atoms with E-state index in [1.54, 1.807) is 6.07 Å². The van der Waals surface area contributed by atoms with Crippen LogP contribution in [0.2, 0.25) is 0 Å². The number of aliphatic hydroxyl groups excluding tert-OH is 1. The molecular formula is C44H61N5O4. The lowest BCUT2D eigenvalue weighted by Crippen LogP contribution is -2.67. The first-order chi connectivity index (χ1) is 25.1. The Kier molecular flexibility index (Phi) is 9.69. The molecule has 4 N–H and O–H groups in total. The Morgan fingerprint density at radius 2 is 1.68 bits per heavy atom. The fourth-order valence-electron chi connectivity index (χ4n) is 13.1. The second-order valence-corrected chi connectivity index (χ2v) is 18.7. The van der Waals surface area contributed by atoms with Gasteiger partial charge in [0, 0.05) is 18.3 Å². The number of aromatic nitrogens is 4. The van der Waals surface area contributed by atoms with Crippen LogP contribution in [0, 0.1) is 50.7 Å². The normalized spacial score (nSPS) is 36.1. The number of carboxylic acid groups (broad SMARTS) is 1. The molecule has 2 aromatic heterocycles. The van der Waals surface area contributed by atoms with Crippen molar-refractivity contribution in [2.75, 3.05) is 6.54 Å². The Balaban J connectivity index is 1.03. The first-order valence-electron chi connectivity index (χ1n) is 20.3. The molecule has 286 valence electrons. The Labute approximate surface area is 315 Å². The smallest absolute Gasteiger partial charge is 0.337 e. The van der Waals surface area contributed by atoms with Gasteiger partial charge in [0.2, 0.25) is 5.91 Å². The average Bonchev–Trinajstić information content (AvgIpc) is 3.63. The number of aromatic carboxylic acids is 1. The molecule has 9 heteroatoms. The molecule has 1 amide bonds. The van der Waals surface area contributed by atoms with Crippen LogP contribution >= 0.6 is 0 Å². The van der Waals surface area contributed by atoms with Crippen molar-refractivity contribution in [1.82, 2.24) is 25.5 Å². The fourth-order valence-corrected chi connectivity index (χ4v) is 13.1. The summed E-state index contributed by atoms with van der Waals surface area (Å²) in [5.41, 5.74) is 2.91. The zero-order valence-corrected chi connectivity index (χ0v) is 33.0. The van der Waals surface area contributed by atoms with Crippen molar-refractivity contribution in [3.05, 3.63) is 53.7 Å². The minimum Gasteiger partial charge on any atom is -0.478 e. The van der Waals surface area contributed by atoms with E-state index in [4.69, 9.17) is 0 Å². The van der Waals surface area contributed by atoms with Crippen molar-refractivity contribution >= 4 is 11.9 Å². The number of carboxylic acids is 1. The number of rotatable bonds is 9. The summed E-state index contributed by atoms with van der Waals surface area (Å²) < 4.78 is 0. The summed E-state index contributed by atoms with van der Waals surface area (Å²) in [7, 11) is 0. The van der Waals surface area contributed by atoms with Crippen LogP contribution in [0.1, 0.15) is 129 Å². The van der Waals surface area contributed by atoms with Crippen molar-refractivity contribution in [2.24, 2.45) is 50.7 Å². The van der Waals surface area contributed by atoms with E-state index >= 15 is 0 Å². The maximum atomic E-state index is 14.5. The molecule has 4 aliphatic rings. The average molecular weight is 724 g/mol. The molecule has 4 saturated carbocycles. The number of carbonyl (C=O) groups is 2. The molecule has 8 unspecified atom stereocenters. The number of benzene rings is 1. The number of pyridine rings is 1. The molecule has 0 radical (unpaired) electrons. The van der Waals surface area contributed by atoms with E-state index in [0.717, 1.165) is 49.7 Å². The fraction of sp³-hybridized carbons (Fsp3) is 0.659. The van der Waals surface area contributed by atoms with Crippen LogP contribution in [0.3, 0.4) is 0 Å². The molecule has 7 rings (SSSR count). The zero-order chi connectivity index (χ0) is 38.0. The van der Waals surface area contributed by atoms with Crippen molar-refractivity contribution in [1.29, 1.82) is 0 Å². The van der Waals surface area contributed by atoms with Gasteiger partial charge in [-0.05, 0) is 133 Å². The highest BCUT2D eigenvalue weighted by molar-refractivity contribution is 5.87. The number of nitrogens with one attached hydrogen (secondary N) is 2. The Bertz CT molecular complexity index is 1840. The number of aliphatic hydroxyl groups is 1. The molecule has 0 bridgehead atoms. The summed E-state index contributed by atoms with van der Waals surface area (Å²) in [4.78, 5) is 33.1. The Morgan fingerprint density at radius 1 is 0.906 bits per heavy atom. The highest BCUT2D eigenvalue weighted by Crippen LogP contribution is 2.75. The van der Waals surface area contributed by atoms with Crippen LogP contribution in [-0.4, -0.2) is 54.9 Å². The molecule has 9 nitrogen and oxygen atoms in total. The summed E-state index contributed by atoms with van der Waals surface area (Å²) in [5.74, 6) is 2.32. The molecule has 0 spiro atoms. The third kappa shape index (κ3) is 5.95. The van der Waals surface area contributed by atoms with Crippen LogP contribution in [0.5, 0.6) is 0 Å². The number of H-pyrrole nitrogens is 1. The molecule has 2 heterocycles. The van der Waals surface area contributed by atoms with Crippen LogP contribution in [0.15, 0.2) is 42.6 Å². The van der Waals surface area contributed by atoms with Crippen LogP contribution in [-0.2, 0) is 11.2 Å². The Hall–Kier alpha value is -3.59. The number of fused-ring (bicyclic) bond motifs is 5. The van der Waals surface area contributed by atoms with Gasteiger partial charge in [0.1, 0.15) is 5.69 Å². The monoisotopic (exact) mass is 723 g/mol. The standard InChI is InChI=1S/C44H61N5O4/c1-8-19-44(23-22-42(6)31(27(44)2)13-15-34-41(5)20-17-35(50)40(3,4)33(41)16-21-43(34,42)7)39(53)45-24-18-28-10-9-11-29(25-28)36-47-37(49-48-36)32-14-12-30(26-46-32)38(51)52/h9-12,14,25-27,31,33-35,50H,8,13,15-24H2,1-7H3,(H,45,53)(H,51,52)(H,47,48,49)/t27?,31?,33?,34?,35?,41?,42-,43?,44?/m1/s1. The van der Waals surface area contributed by atoms with E-state index < -0.39 is 5.97 Å². The first-order valence-corrected chi connectivity index (χ1v) is 20.3. The number of hydrogen-bond donors (Lipinski definition) is 4. The number of nitrogens with zero attached hydrogens (tertiary/aromatic N) is 3. The van der Waals surface area contributed by atoms with Gasteiger partial charge in [-0.3, -0.25) is 9.78 Å². The van der Waals surface area contributed by atoms with E-state index in [1.807, 2.05) is 12.1 Å². The highest BCUT2D eigenvalue weighted by Gasteiger charge is 2.69. The lowest BCUT2D eigenvalue weighted by molar-refractivity contribution is -0.246.